The highest BCUT2D eigenvalue weighted by atomic mass is 14.9. The smallest absolute Gasteiger partial charge is 0.0348 e. The van der Waals surface area contributed by atoms with Gasteiger partial charge in [0.1, 0.15) is 0 Å². The van der Waals surface area contributed by atoms with Crippen molar-refractivity contribution in [1.82, 2.24) is 5.32 Å². The lowest BCUT2D eigenvalue weighted by Gasteiger charge is -2.28. The molecule has 1 nitrogen and oxygen atoms in total. The maximum Gasteiger partial charge on any atom is 0.0348 e. The van der Waals surface area contributed by atoms with Crippen molar-refractivity contribution in [2.24, 2.45) is 11.8 Å². The van der Waals surface area contributed by atoms with Gasteiger partial charge in [-0.2, -0.15) is 0 Å². The normalized spacial score (nSPS) is 14.4. The van der Waals surface area contributed by atoms with Crippen LogP contribution in [0.5, 0.6) is 0 Å². The first-order valence-corrected chi connectivity index (χ1v) is 8.94. The number of nitrogens with one attached hydrogen (secondary N) is 1. The van der Waals surface area contributed by atoms with E-state index in [1.807, 2.05) is 0 Å². The number of unbranched alkanes of at least 4 members (excludes halogenated alkanes) is 1. The second-order valence-corrected chi connectivity index (χ2v) is 6.69. The van der Waals surface area contributed by atoms with Gasteiger partial charge in [0, 0.05) is 6.04 Å². The molecule has 120 valence electrons. The van der Waals surface area contributed by atoms with E-state index in [4.69, 9.17) is 0 Å². The van der Waals surface area contributed by atoms with Crippen LogP contribution in [0, 0.1) is 11.8 Å². The molecule has 0 aliphatic carbocycles. The Hall–Kier alpha value is -0.820. The van der Waals surface area contributed by atoms with Crippen molar-refractivity contribution in [3.8, 4) is 0 Å². The number of benzene rings is 1. The fourth-order valence-electron chi connectivity index (χ4n) is 3.18. The SMILES string of the molecule is CCCCC(CC)C(NCC)c1ccc(CC(C)C)cc1. The molecular formula is C20H35N. The first-order valence-electron chi connectivity index (χ1n) is 8.94. The van der Waals surface area contributed by atoms with Gasteiger partial charge in [-0.25, -0.2) is 0 Å². The molecule has 1 heteroatoms. The molecule has 0 spiro atoms. The first-order chi connectivity index (χ1) is 10.1. The number of rotatable bonds is 10. The van der Waals surface area contributed by atoms with Gasteiger partial charge < -0.3 is 5.32 Å². The molecule has 0 fully saturated rings. The average Bonchev–Trinajstić information content (AvgIpc) is 2.47. The molecule has 0 radical (unpaired) electrons. The third-order valence-electron chi connectivity index (χ3n) is 4.33. The van der Waals surface area contributed by atoms with Crippen molar-refractivity contribution in [1.29, 1.82) is 0 Å². The van der Waals surface area contributed by atoms with Gasteiger partial charge >= 0.3 is 0 Å². The van der Waals surface area contributed by atoms with E-state index in [1.165, 1.54) is 43.2 Å². The Balaban J connectivity index is 2.83. The maximum atomic E-state index is 3.72. The Labute approximate surface area is 132 Å². The summed E-state index contributed by atoms with van der Waals surface area (Å²) in [6, 6.07) is 9.86. The third kappa shape index (κ3) is 6.22. The van der Waals surface area contributed by atoms with Crippen LogP contribution in [-0.2, 0) is 6.42 Å². The van der Waals surface area contributed by atoms with E-state index in [9.17, 15) is 0 Å². The quantitative estimate of drug-likeness (QED) is 0.578. The standard InChI is InChI=1S/C20H35N/c1-6-9-10-18(7-2)20(21-8-3)19-13-11-17(12-14-19)15-16(4)5/h11-14,16,18,20-21H,6-10,15H2,1-5H3. The fourth-order valence-corrected chi connectivity index (χ4v) is 3.18. The molecule has 1 aromatic rings. The second-order valence-electron chi connectivity index (χ2n) is 6.69. The van der Waals surface area contributed by atoms with Crippen LogP contribution in [0.2, 0.25) is 0 Å². The van der Waals surface area contributed by atoms with Crippen LogP contribution in [-0.4, -0.2) is 6.54 Å². The Morgan fingerprint density at radius 3 is 2.14 bits per heavy atom. The van der Waals surface area contributed by atoms with Crippen LogP contribution < -0.4 is 5.32 Å². The lowest BCUT2D eigenvalue weighted by Crippen LogP contribution is -2.28. The first kappa shape index (κ1) is 18.2. The van der Waals surface area contributed by atoms with Gasteiger partial charge in [0.15, 0.2) is 0 Å². The second kappa shape index (κ2) is 10.00. The Kier molecular flexibility index (Phi) is 8.68. The van der Waals surface area contributed by atoms with Gasteiger partial charge in [-0.15, -0.1) is 0 Å². The van der Waals surface area contributed by atoms with E-state index >= 15 is 0 Å². The van der Waals surface area contributed by atoms with Crippen molar-refractivity contribution in [3.63, 3.8) is 0 Å². The minimum absolute atomic E-state index is 0.514. The van der Waals surface area contributed by atoms with E-state index in [1.54, 1.807) is 0 Å². The van der Waals surface area contributed by atoms with Crippen molar-refractivity contribution < 1.29 is 0 Å². The van der Waals surface area contributed by atoms with Gasteiger partial charge in [-0.05, 0) is 42.3 Å². The van der Waals surface area contributed by atoms with Gasteiger partial charge in [-0.1, -0.05) is 78.1 Å². The van der Waals surface area contributed by atoms with Crippen LogP contribution in [0.1, 0.15) is 77.5 Å². The van der Waals surface area contributed by atoms with E-state index in [0.29, 0.717) is 6.04 Å². The molecular weight excluding hydrogens is 254 g/mol. The Morgan fingerprint density at radius 1 is 1.00 bits per heavy atom. The van der Waals surface area contributed by atoms with Gasteiger partial charge in [0.25, 0.3) is 0 Å². The molecule has 0 aliphatic rings. The van der Waals surface area contributed by atoms with Crippen LogP contribution in [0.3, 0.4) is 0 Å². The zero-order valence-electron chi connectivity index (χ0n) is 14.8. The van der Waals surface area contributed by atoms with Gasteiger partial charge in [0.05, 0.1) is 0 Å². The summed E-state index contributed by atoms with van der Waals surface area (Å²) in [4.78, 5) is 0. The topological polar surface area (TPSA) is 12.0 Å². The molecule has 0 bridgehead atoms. The summed E-state index contributed by atoms with van der Waals surface area (Å²) in [5, 5.41) is 3.72. The summed E-state index contributed by atoms with van der Waals surface area (Å²) in [6.07, 6.45) is 6.40. The molecule has 21 heavy (non-hydrogen) atoms. The molecule has 0 aliphatic heterocycles. The summed E-state index contributed by atoms with van der Waals surface area (Å²) in [5.41, 5.74) is 2.93. The molecule has 1 rings (SSSR count). The van der Waals surface area contributed by atoms with Crippen LogP contribution in [0.4, 0.5) is 0 Å². The van der Waals surface area contributed by atoms with Gasteiger partial charge in [0.2, 0.25) is 0 Å². The lowest BCUT2D eigenvalue weighted by molar-refractivity contribution is 0.328. The summed E-state index contributed by atoms with van der Waals surface area (Å²) in [7, 11) is 0. The fraction of sp³-hybridized carbons (Fsp3) is 0.700. The molecule has 0 saturated carbocycles. The monoisotopic (exact) mass is 289 g/mol. The molecule has 0 aromatic heterocycles. The summed E-state index contributed by atoms with van der Waals surface area (Å²) >= 11 is 0. The highest BCUT2D eigenvalue weighted by molar-refractivity contribution is 5.26. The van der Waals surface area contributed by atoms with Crippen LogP contribution in [0.15, 0.2) is 24.3 Å². The van der Waals surface area contributed by atoms with Crippen LogP contribution in [0.25, 0.3) is 0 Å². The Bertz CT molecular complexity index is 366. The zero-order valence-corrected chi connectivity index (χ0v) is 14.8. The third-order valence-corrected chi connectivity index (χ3v) is 4.33. The van der Waals surface area contributed by atoms with Crippen molar-refractivity contribution in [3.05, 3.63) is 35.4 Å². The predicted molar refractivity (Wildman–Crippen MR) is 94.7 cm³/mol. The van der Waals surface area contributed by atoms with Crippen molar-refractivity contribution in [2.75, 3.05) is 6.54 Å². The largest absolute Gasteiger partial charge is 0.310 e. The molecule has 2 unspecified atom stereocenters. The molecule has 1 aromatic carbocycles. The van der Waals surface area contributed by atoms with Crippen molar-refractivity contribution in [2.45, 2.75) is 72.8 Å². The summed E-state index contributed by atoms with van der Waals surface area (Å²) in [6.45, 7) is 12.4. The minimum Gasteiger partial charge on any atom is -0.310 e. The number of hydrogen-bond donors (Lipinski definition) is 1. The van der Waals surface area contributed by atoms with Crippen LogP contribution >= 0.6 is 0 Å². The highest BCUT2D eigenvalue weighted by Gasteiger charge is 2.20. The maximum absolute atomic E-state index is 3.72. The predicted octanol–water partition coefficient (Wildman–Crippen LogP) is 5.75. The van der Waals surface area contributed by atoms with E-state index in [-0.39, 0.29) is 0 Å². The molecule has 1 N–H and O–H groups in total. The Morgan fingerprint density at radius 2 is 1.67 bits per heavy atom. The lowest BCUT2D eigenvalue weighted by atomic mass is 9.86. The molecule has 2 atom stereocenters. The van der Waals surface area contributed by atoms with Crippen molar-refractivity contribution >= 4 is 0 Å². The minimum atomic E-state index is 0.514. The van der Waals surface area contributed by atoms with E-state index < -0.39 is 0 Å². The average molecular weight is 290 g/mol. The highest BCUT2D eigenvalue weighted by Crippen LogP contribution is 2.29. The van der Waals surface area contributed by atoms with E-state index in [2.05, 4.69) is 64.2 Å². The van der Waals surface area contributed by atoms with Gasteiger partial charge in [-0.3, -0.25) is 0 Å². The molecule has 0 heterocycles. The number of hydrogen-bond acceptors (Lipinski definition) is 1. The van der Waals surface area contributed by atoms with E-state index in [0.717, 1.165) is 18.4 Å². The molecule has 0 amide bonds. The molecule has 0 saturated heterocycles. The summed E-state index contributed by atoms with van der Waals surface area (Å²) in [5.74, 6) is 1.48. The summed E-state index contributed by atoms with van der Waals surface area (Å²) < 4.78 is 0. The zero-order chi connectivity index (χ0) is 15.7.